The standard InChI is InChI=1S/C16H21N3O/c1-12(17)7-13-8-16(11-18-10-13)20-15-6-4-5-14(9-15)19(2)3/h4-6,8-12H,7,17H2,1-3H3. The molecular weight excluding hydrogens is 250 g/mol. The van der Waals surface area contributed by atoms with E-state index in [0.29, 0.717) is 0 Å². The van der Waals surface area contributed by atoms with Gasteiger partial charge in [0.15, 0.2) is 0 Å². The minimum Gasteiger partial charge on any atom is -0.456 e. The van der Waals surface area contributed by atoms with Gasteiger partial charge in [-0.1, -0.05) is 6.07 Å². The van der Waals surface area contributed by atoms with E-state index in [0.717, 1.165) is 29.2 Å². The van der Waals surface area contributed by atoms with Crippen LogP contribution in [0.25, 0.3) is 0 Å². The Labute approximate surface area is 120 Å². The summed E-state index contributed by atoms with van der Waals surface area (Å²) in [6.07, 6.45) is 4.33. The second-order valence-corrected chi connectivity index (χ2v) is 5.20. The Bertz CT molecular complexity index is 567. The zero-order valence-corrected chi connectivity index (χ0v) is 12.2. The summed E-state index contributed by atoms with van der Waals surface area (Å²) in [6.45, 7) is 1.98. The van der Waals surface area contributed by atoms with Crippen LogP contribution in [0.4, 0.5) is 5.69 Å². The van der Waals surface area contributed by atoms with Crippen molar-refractivity contribution in [2.24, 2.45) is 5.73 Å². The van der Waals surface area contributed by atoms with Crippen LogP contribution in [0.5, 0.6) is 11.5 Å². The number of benzene rings is 1. The van der Waals surface area contributed by atoms with E-state index in [1.807, 2.05) is 62.4 Å². The Morgan fingerprint density at radius 2 is 2.00 bits per heavy atom. The largest absolute Gasteiger partial charge is 0.456 e. The number of pyridine rings is 1. The molecule has 2 rings (SSSR count). The average Bonchev–Trinajstić information content (AvgIpc) is 2.38. The normalized spacial score (nSPS) is 12.0. The lowest BCUT2D eigenvalue weighted by molar-refractivity contribution is 0.479. The van der Waals surface area contributed by atoms with E-state index in [1.165, 1.54) is 0 Å². The molecule has 0 amide bonds. The smallest absolute Gasteiger partial charge is 0.145 e. The summed E-state index contributed by atoms with van der Waals surface area (Å²) in [7, 11) is 4.01. The van der Waals surface area contributed by atoms with Crippen LogP contribution >= 0.6 is 0 Å². The van der Waals surface area contributed by atoms with Gasteiger partial charge in [0, 0.05) is 38.1 Å². The van der Waals surface area contributed by atoms with Crippen molar-refractivity contribution in [3.05, 3.63) is 48.3 Å². The predicted molar refractivity (Wildman–Crippen MR) is 82.4 cm³/mol. The average molecular weight is 271 g/mol. The number of hydrogen-bond donors (Lipinski definition) is 1. The molecule has 1 atom stereocenters. The number of rotatable bonds is 5. The van der Waals surface area contributed by atoms with E-state index in [1.54, 1.807) is 6.20 Å². The molecule has 1 aromatic carbocycles. The van der Waals surface area contributed by atoms with Crippen LogP contribution in [0.2, 0.25) is 0 Å². The van der Waals surface area contributed by atoms with Crippen molar-refractivity contribution in [1.82, 2.24) is 4.98 Å². The van der Waals surface area contributed by atoms with Gasteiger partial charge in [0.25, 0.3) is 0 Å². The van der Waals surface area contributed by atoms with E-state index >= 15 is 0 Å². The molecule has 4 heteroatoms. The summed E-state index contributed by atoms with van der Waals surface area (Å²) in [4.78, 5) is 6.24. The lowest BCUT2D eigenvalue weighted by Crippen LogP contribution is -2.17. The number of nitrogens with two attached hydrogens (primary N) is 1. The molecule has 2 aromatic rings. The van der Waals surface area contributed by atoms with Crippen molar-refractivity contribution < 1.29 is 4.74 Å². The molecule has 0 aliphatic heterocycles. The third-order valence-electron chi connectivity index (χ3n) is 2.90. The third kappa shape index (κ3) is 3.96. The van der Waals surface area contributed by atoms with E-state index in [-0.39, 0.29) is 6.04 Å². The Hall–Kier alpha value is -2.07. The minimum absolute atomic E-state index is 0.115. The van der Waals surface area contributed by atoms with Crippen molar-refractivity contribution in [2.75, 3.05) is 19.0 Å². The van der Waals surface area contributed by atoms with Crippen molar-refractivity contribution in [1.29, 1.82) is 0 Å². The highest BCUT2D eigenvalue weighted by atomic mass is 16.5. The maximum absolute atomic E-state index is 5.86. The van der Waals surface area contributed by atoms with Crippen LogP contribution in [0.3, 0.4) is 0 Å². The first kappa shape index (κ1) is 14.3. The van der Waals surface area contributed by atoms with Gasteiger partial charge in [-0.2, -0.15) is 0 Å². The van der Waals surface area contributed by atoms with Crippen molar-refractivity contribution in [3.63, 3.8) is 0 Å². The van der Waals surface area contributed by atoms with E-state index < -0.39 is 0 Å². The first-order valence-corrected chi connectivity index (χ1v) is 6.69. The number of anilines is 1. The van der Waals surface area contributed by atoms with Gasteiger partial charge in [0.1, 0.15) is 11.5 Å². The van der Waals surface area contributed by atoms with Crippen molar-refractivity contribution in [3.8, 4) is 11.5 Å². The van der Waals surface area contributed by atoms with Gasteiger partial charge in [0.2, 0.25) is 0 Å². The molecule has 1 aromatic heterocycles. The fourth-order valence-corrected chi connectivity index (χ4v) is 1.96. The van der Waals surface area contributed by atoms with Crippen LogP contribution in [0.15, 0.2) is 42.7 Å². The predicted octanol–water partition coefficient (Wildman–Crippen LogP) is 2.83. The lowest BCUT2D eigenvalue weighted by Gasteiger charge is -2.14. The van der Waals surface area contributed by atoms with Crippen LogP contribution in [-0.4, -0.2) is 25.1 Å². The molecule has 2 N–H and O–H groups in total. The second-order valence-electron chi connectivity index (χ2n) is 5.20. The maximum atomic E-state index is 5.86. The highest BCUT2D eigenvalue weighted by Crippen LogP contribution is 2.25. The topological polar surface area (TPSA) is 51.4 Å². The van der Waals surface area contributed by atoms with Gasteiger partial charge in [-0.3, -0.25) is 4.98 Å². The van der Waals surface area contributed by atoms with Crippen LogP contribution in [0.1, 0.15) is 12.5 Å². The fourth-order valence-electron chi connectivity index (χ4n) is 1.96. The number of aromatic nitrogens is 1. The molecule has 1 heterocycles. The molecule has 0 aliphatic carbocycles. The van der Waals surface area contributed by atoms with Gasteiger partial charge in [-0.15, -0.1) is 0 Å². The summed E-state index contributed by atoms with van der Waals surface area (Å²) < 4.78 is 5.86. The van der Waals surface area contributed by atoms with Gasteiger partial charge < -0.3 is 15.4 Å². The summed E-state index contributed by atoms with van der Waals surface area (Å²) in [5.41, 5.74) is 7.99. The third-order valence-corrected chi connectivity index (χ3v) is 2.90. The van der Waals surface area contributed by atoms with E-state index in [4.69, 9.17) is 10.5 Å². The van der Waals surface area contributed by atoms with Crippen LogP contribution in [-0.2, 0) is 6.42 Å². The fraction of sp³-hybridized carbons (Fsp3) is 0.312. The molecule has 0 fully saturated rings. The zero-order chi connectivity index (χ0) is 14.5. The van der Waals surface area contributed by atoms with Crippen LogP contribution < -0.4 is 15.4 Å². The maximum Gasteiger partial charge on any atom is 0.145 e. The molecule has 0 bridgehead atoms. The Morgan fingerprint density at radius 1 is 1.20 bits per heavy atom. The summed E-state index contributed by atoms with van der Waals surface area (Å²) in [6, 6.07) is 10.0. The molecule has 0 aliphatic rings. The Morgan fingerprint density at radius 3 is 2.70 bits per heavy atom. The molecular formula is C16H21N3O. The minimum atomic E-state index is 0.115. The Kier molecular flexibility index (Phi) is 4.58. The molecule has 1 unspecified atom stereocenters. The van der Waals surface area contributed by atoms with Gasteiger partial charge in [0.05, 0.1) is 6.20 Å². The SMILES string of the molecule is CC(N)Cc1cncc(Oc2cccc(N(C)C)c2)c1. The van der Waals surface area contributed by atoms with Gasteiger partial charge in [-0.05, 0) is 37.1 Å². The molecule has 4 nitrogen and oxygen atoms in total. The zero-order valence-electron chi connectivity index (χ0n) is 12.2. The molecule has 0 saturated carbocycles. The van der Waals surface area contributed by atoms with Gasteiger partial charge in [-0.25, -0.2) is 0 Å². The quantitative estimate of drug-likeness (QED) is 0.908. The molecule has 106 valence electrons. The first-order valence-electron chi connectivity index (χ1n) is 6.69. The monoisotopic (exact) mass is 271 g/mol. The first-order chi connectivity index (χ1) is 9.54. The number of hydrogen-bond acceptors (Lipinski definition) is 4. The second kappa shape index (κ2) is 6.39. The molecule has 0 spiro atoms. The van der Waals surface area contributed by atoms with E-state index in [2.05, 4.69) is 4.98 Å². The molecule has 20 heavy (non-hydrogen) atoms. The highest BCUT2D eigenvalue weighted by Gasteiger charge is 2.04. The summed E-state index contributed by atoms with van der Waals surface area (Å²) in [5.74, 6) is 1.54. The molecule has 0 saturated heterocycles. The van der Waals surface area contributed by atoms with Crippen molar-refractivity contribution in [2.45, 2.75) is 19.4 Å². The lowest BCUT2D eigenvalue weighted by atomic mass is 10.1. The summed E-state index contributed by atoms with van der Waals surface area (Å²) in [5, 5.41) is 0. The number of nitrogens with zero attached hydrogens (tertiary/aromatic N) is 2. The Balaban J connectivity index is 2.15. The van der Waals surface area contributed by atoms with E-state index in [9.17, 15) is 0 Å². The van der Waals surface area contributed by atoms with Crippen molar-refractivity contribution >= 4 is 5.69 Å². The number of ether oxygens (including phenoxy) is 1. The summed E-state index contributed by atoms with van der Waals surface area (Å²) >= 11 is 0. The highest BCUT2D eigenvalue weighted by molar-refractivity contribution is 5.50. The van der Waals surface area contributed by atoms with Gasteiger partial charge >= 0.3 is 0 Å². The molecule has 0 radical (unpaired) electrons. The van der Waals surface area contributed by atoms with Crippen LogP contribution in [0, 0.1) is 0 Å².